The Kier molecular flexibility index (Phi) is 4.71. The molecule has 1 atom stereocenters. The number of hydrogen-bond acceptors (Lipinski definition) is 2. The van der Waals surface area contributed by atoms with Crippen molar-refractivity contribution in [3.05, 3.63) is 0 Å². The number of amides is 1. The van der Waals surface area contributed by atoms with Crippen LogP contribution in [0.2, 0.25) is 0 Å². The molecule has 1 saturated carbocycles. The van der Waals surface area contributed by atoms with Crippen molar-refractivity contribution in [2.75, 3.05) is 0 Å². The van der Waals surface area contributed by atoms with Crippen LogP contribution in [0.25, 0.3) is 0 Å². The molecule has 1 rings (SSSR count). The van der Waals surface area contributed by atoms with Crippen molar-refractivity contribution < 1.29 is 4.79 Å². The van der Waals surface area contributed by atoms with Gasteiger partial charge in [-0.1, -0.05) is 38.9 Å². The van der Waals surface area contributed by atoms with Gasteiger partial charge in [0.2, 0.25) is 5.91 Å². The van der Waals surface area contributed by atoms with Gasteiger partial charge in [-0.3, -0.25) is 4.79 Å². The van der Waals surface area contributed by atoms with E-state index in [1.54, 1.807) is 0 Å². The predicted octanol–water partition coefficient (Wildman–Crippen LogP) is 2.14. The largest absolute Gasteiger partial charge is 0.392 e. The molecule has 4 heteroatoms. The van der Waals surface area contributed by atoms with Gasteiger partial charge in [0, 0.05) is 5.41 Å². The molecule has 92 valence electrons. The van der Waals surface area contributed by atoms with Crippen LogP contribution < -0.4 is 11.1 Å². The highest BCUT2D eigenvalue weighted by atomic mass is 32.1. The molecule has 0 aromatic rings. The van der Waals surface area contributed by atoms with E-state index in [4.69, 9.17) is 18.0 Å². The first-order valence-electron chi connectivity index (χ1n) is 6.16. The molecule has 0 saturated heterocycles. The Morgan fingerprint density at radius 1 is 1.44 bits per heavy atom. The summed E-state index contributed by atoms with van der Waals surface area (Å²) < 4.78 is 0. The van der Waals surface area contributed by atoms with Gasteiger partial charge in [0.1, 0.15) is 0 Å². The van der Waals surface area contributed by atoms with E-state index in [-0.39, 0.29) is 17.4 Å². The molecule has 0 spiro atoms. The summed E-state index contributed by atoms with van der Waals surface area (Å²) in [5.41, 5.74) is 5.44. The maximum atomic E-state index is 12.2. The van der Waals surface area contributed by atoms with Crippen molar-refractivity contribution in [3.63, 3.8) is 0 Å². The number of carbonyl (C=O) groups excluding carboxylic acids is 1. The molecule has 0 heterocycles. The minimum Gasteiger partial charge on any atom is -0.392 e. The van der Waals surface area contributed by atoms with E-state index in [1.165, 1.54) is 0 Å². The number of rotatable bonds is 5. The van der Waals surface area contributed by atoms with Crippen molar-refractivity contribution in [2.45, 2.75) is 58.4 Å². The summed E-state index contributed by atoms with van der Waals surface area (Å²) in [6.07, 6.45) is 6.00. The number of hydrogen-bond donors (Lipinski definition) is 2. The summed E-state index contributed by atoms with van der Waals surface area (Å²) in [5, 5.41) is 2.99. The summed E-state index contributed by atoms with van der Waals surface area (Å²) in [7, 11) is 0. The lowest BCUT2D eigenvalue weighted by molar-refractivity contribution is -0.131. The van der Waals surface area contributed by atoms with Crippen LogP contribution >= 0.6 is 12.2 Å². The number of nitrogens with one attached hydrogen (secondary N) is 1. The van der Waals surface area contributed by atoms with E-state index in [0.29, 0.717) is 4.99 Å². The topological polar surface area (TPSA) is 55.1 Å². The Bertz CT molecular complexity index is 272. The fourth-order valence-corrected chi connectivity index (χ4v) is 2.70. The van der Waals surface area contributed by atoms with E-state index >= 15 is 0 Å². The van der Waals surface area contributed by atoms with E-state index < -0.39 is 0 Å². The Labute approximate surface area is 103 Å². The van der Waals surface area contributed by atoms with Gasteiger partial charge in [-0.05, 0) is 25.7 Å². The van der Waals surface area contributed by atoms with Crippen LogP contribution in [0.5, 0.6) is 0 Å². The lowest BCUT2D eigenvalue weighted by Crippen LogP contribution is -2.48. The molecule has 1 aliphatic rings. The van der Waals surface area contributed by atoms with Gasteiger partial charge in [-0.25, -0.2) is 0 Å². The second kappa shape index (κ2) is 5.62. The van der Waals surface area contributed by atoms with Crippen molar-refractivity contribution in [2.24, 2.45) is 11.1 Å². The van der Waals surface area contributed by atoms with Crippen LogP contribution in [-0.2, 0) is 4.79 Å². The molecule has 1 aliphatic carbocycles. The molecule has 1 amide bonds. The highest BCUT2D eigenvalue weighted by Gasteiger charge is 2.39. The molecule has 0 aromatic heterocycles. The van der Waals surface area contributed by atoms with Gasteiger partial charge in [-0.15, -0.1) is 0 Å². The monoisotopic (exact) mass is 242 g/mol. The summed E-state index contributed by atoms with van der Waals surface area (Å²) in [6.45, 7) is 4.07. The van der Waals surface area contributed by atoms with Crippen molar-refractivity contribution in [1.82, 2.24) is 5.32 Å². The molecule has 3 nitrogen and oxygen atoms in total. The third kappa shape index (κ3) is 2.73. The fraction of sp³-hybridized carbons (Fsp3) is 0.833. The zero-order valence-electron chi connectivity index (χ0n) is 10.2. The Hall–Kier alpha value is -0.640. The van der Waals surface area contributed by atoms with Crippen LogP contribution in [-0.4, -0.2) is 16.9 Å². The summed E-state index contributed by atoms with van der Waals surface area (Å²) in [6, 6.07) is -0.147. The predicted molar refractivity (Wildman–Crippen MR) is 70.2 cm³/mol. The first kappa shape index (κ1) is 13.4. The Balaban J connectivity index is 2.65. The molecular formula is C12H22N2OS. The normalized spacial score (nSPS) is 20.4. The molecule has 0 aromatic carbocycles. The second-order valence-electron chi connectivity index (χ2n) is 4.68. The van der Waals surface area contributed by atoms with Crippen LogP contribution in [0.3, 0.4) is 0 Å². The highest BCUT2D eigenvalue weighted by Crippen LogP contribution is 2.41. The summed E-state index contributed by atoms with van der Waals surface area (Å²) in [4.78, 5) is 12.6. The maximum Gasteiger partial charge on any atom is 0.226 e. The number of thiocarbonyl (C=S) groups is 1. The SMILES string of the molecule is CCC(NC(=O)C1(CC)CCCC1)C(N)=S. The van der Waals surface area contributed by atoms with E-state index in [1.807, 2.05) is 6.92 Å². The molecule has 16 heavy (non-hydrogen) atoms. The number of carbonyl (C=O) groups is 1. The van der Waals surface area contributed by atoms with Crippen molar-refractivity contribution >= 4 is 23.1 Å². The Morgan fingerprint density at radius 3 is 2.38 bits per heavy atom. The Morgan fingerprint density at radius 2 is 2.00 bits per heavy atom. The van der Waals surface area contributed by atoms with E-state index in [0.717, 1.165) is 38.5 Å². The van der Waals surface area contributed by atoms with Crippen molar-refractivity contribution in [3.8, 4) is 0 Å². The highest BCUT2D eigenvalue weighted by molar-refractivity contribution is 7.80. The van der Waals surface area contributed by atoms with Gasteiger partial charge in [-0.2, -0.15) is 0 Å². The third-order valence-corrected chi connectivity index (χ3v) is 4.06. The standard InChI is InChI=1S/C12H22N2OS/c1-3-9(10(13)16)14-11(15)12(4-2)7-5-6-8-12/h9H,3-8H2,1-2H3,(H2,13,16)(H,14,15). The molecule has 3 N–H and O–H groups in total. The van der Waals surface area contributed by atoms with Gasteiger partial charge in [0.15, 0.2) is 0 Å². The average Bonchev–Trinajstić information content (AvgIpc) is 2.74. The second-order valence-corrected chi connectivity index (χ2v) is 5.15. The van der Waals surface area contributed by atoms with E-state index in [9.17, 15) is 4.79 Å². The van der Waals surface area contributed by atoms with E-state index in [2.05, 4.69) is 12.2 Å². The summed E-state index contributed by atoms with van der Waals surface area (Å²) in [5.74, 6) is 0.146. The number of nitrogens with two attached hydrogens (primary N) is 1. The first-order chi connectivity index (χ1) is 7.55. The zero-order valence-corrected chi connectivity index (χ0v) is 11.0. The quantitative estimate of drug-likeness (QED) is 0.726. The van der Waals surface area contributed by atoms with Gasteiger partial charge in [0.05, 0.1) is 11.0 Å². The zero-order chi connectivity index (χ0) is 12.2. The van der Waals surface area contributed by atoms with Gasteiger partial charge < -0.3 is 11.1 Å². The average molecular weight is 242 g/mol. The van der Waals surface area contributed by atoms with Gasteiger partial charge in [0.25, 0.3) is 0 Å². The molecule has 0 radical (unpaired) electrons. The third-order valence-electron chi connectivity index (χ3n) is 3.78. The molecule has 1 fully saturated rings. The fourth-order valence-electron chi connectivity index (χ4n) is 2.48. The minimum atomic E-state index is -0.155. The molecular weight excluding hydrogens is 220 g/mol. The first-order valence-corrected chi connectivity index (χ1v) is 6.57. The lowest BCUT2D eigenvalue weighted by Gasteiger charge is -2.28. The van der Waals surface area contributed by atoms with Crippen LogP contribution in [0.1, 0.15) is 52.4 Å². The molecule has 0 bridgehead atoms. The minimum absolute atomic E-state index is 0.146. The van der Waals surface area contributed by atoms with Crippen LogP contribution in [0, 0.1) is 5.41 Å². The van der Waals surface area contributed by atoms with Crippen LogP contribution in [0.15, 0.2) is 0 Å². The lowest BCUT2D eigenvalue weighted by atomic mass is 9.82. The summed E-state index contributed by atoms with van der Waals surface area (Å²) >= 11 is 4.94. The molecule has 0 aliphatic heterocycles. The van der Waals surface area contributed by atoms with Gasteiger partial charge >= 0.3 is 0 Å². The smallest absolute Gasteiger partial charge is 0.226 e. The maximum absolute atomic E-state index is 12.2. The van der Waals surface area contributed by atoms with Crippen LogP contribution in [0.4, 0.5) is 0 Å². The molecule has 1 unspecified atom stereocenters. The van der Waals surface area contributed by atoms with Crippen molar-refractivity contribution in [1.29, 1.82) is 0 Å².